The van der Waals surface area contributed by atoms with Crippen LogP contribution in [0, 0.1) is 25.2 Å². The molecule has 0 fully saturated rings. The molecule has 0 spiro atoms. The number of nitrogen functional groups attached to an aromatic ring is 1. The van der Waals surface area contributed by atoms with Gasteiger partial charge in [0.15, 0.2) is 0 Å². The molecule has 24 heavy (non-hydrogen) atoms. The standard InChI is InChI=1S/C20H16ClN3/c1-12-6-7-16(13(2)8-12)19-10-17(18(11-22)20(23)24-19)14-4-3-5-15(21)9-14/h3-10H,1-2H3,(H2,23,24). The summed E-state index contributed by atoms with van der Waals surface area (Å²) in [5, 5.41) is 10.1. The smallest absolute Gasteiger partial charge is 0.142 e. The van der Waals surface area contributed by atoms with Crippen molar-refractivity contribution in [1.82, 2.24) is 4.98 Å². The van der Waals surface area contributed by atoms with E-state index < -0.39 is 0 Å². The zero-order chi connectivity index (χ0) is 17.3. The first-order valence-corrected chi connectivity index (χ1v) is 7.91. The van der Waals surface area contributed by atoms with Crippen LogP contribution in [-0.2, 0) is 0 Å². The maximum Gasteiger partial charge on any atom is 0.142 e. The Hall–Kier alpha value is -2.83. The molecule has 3 rings (SSSR count). The Balaban J connectivity index is 2.26. The highest BCUT2D eigenvalue weighted by atomic mass is 35.5. The van der Waals surface area contributed by atoms with Crippen LogP contribution in [0.25, 0.3) is 22.4 Å². The number of halogens is 1. The van der Waals surface area contributed by atoms with Gasteiger partial charge < -0.3 is 5.73 Å². The molecule has 0 bridgehead atoms. The van der Waals surface area contributed by atoms with E-state index in [2.05, 4.69) is 24.0 Å². The van der Waals surface area contributed by atoms with Crippen LogP contribution in [0.15, 0.2) is 48.5 Å². The molecule has 2 N–H and O–H groups in total. The Bertz CT molecular complexity index is 971. The Morgan fingerprint density at radius 1 is 1.04 bits per heavy atom. The lowest BCUT2D eigenvalue weighted by Crippen LogP contribution is -2.00. The number of pyridine rings is 1. The van der Waals surface area contributed by atoms with E-state index in [0.717, 1.165) is 27.9 Å². The van der Waals surface area contributed by atoms with E-state index >= 15 is 0 Å². The molecule has 3 aromatic rings. The summed E-state index contributed by atoms with van der Waals surface area (Å²) in [7, 11) is 0. The van der Waals surface area contributed by atoms with E-state index in [4.69, 9.17) is 17.3 Å². The number of nitrogens with two attached hydrogens (primary N) is 1. The van der Waals surface area contributed by atoms with Gasteiger partial charge in [-0.25, -0.2) is 4.98 Å². The van der Waals surface area contributed by atoms with Gasteiger partial charge in [-0.15, -0.1) is 0 Å². The molecule has 0 saturated heterocycles. The van der Waals surface area contributed by atoms with Crippen molar-refractivity contribution in [2.75, 3.05) is 5.73 Å². The highest BCUT2D eigenvalue weighted by Crippen LogP contribution is 2.33. The SMILES string of the molecule is Cc1ccc(-c2cc(-c3cccc(Cl)c3)c(C#N)c(N)n2)c(C)c1. The van der Waals surface area contributed by atoms with Crippen molar-refractivity contribution in [2.45, 2.75) is 13.8 Å². The second-order valence-corrected chi connectivity index (χ2v) is 6.19. The second kappa shape index (κ2) is 6.35. The summed E-state index contributed by atoms with van der Waals surface area (Å²) in [6, 6.07) is 17.6. The van der Waals surface area contributed by atoms with Crippen LogP contribution in [-0.4, -0.2) is 4.98 Å². The van der Waals surface area contributed by atoms with Gasteiger partial charge in [0, 0.05) is 16.1 Å². The topological polar surface area (TPSA) is 62.7 Å². The van der Waals surface area contributed by atoms with E-state index in [1.165, 1.54) is 5.56 Å². The van der Waals surface area contributed by atoms with E-state index in [1.54, 1.807) is 6.07 Å². The van der Waals surface area contributed by atoms with Crippen LogP contribution in [0.5, 0.6) is 0 Å². The molecule has 0 atom stereocenters. The zero-order valence-electron chi connectivity index (χ0n) is 13.5. The molecule has 0 radical (unpaired) electrons. The zero-order valence-corrected chi connectivity index (χ0v) is 14.2. The maximum absolute atomic E-state index is 9.48. The van der Waals surface area contributed by atoms with Crippen molar-refractivity contribution in [3.63, 3.8) is 0 Å². The number of hydrogen-bond acceptors (Lipinski definition) is 3. The Morgan fingerprint density at radius 3 is 2.50 bits per heavy atom. The Labute approximate surface area is 146 Å². The van der Waals surface area contributed by atoms with Crippen LogP contribution in [0.3, 0.4) is 0 Å². The van der Waals surface area contributed by atoms with Gasteiger partial charge >= 0.3 is 0 Å². The van der Waals surface area contributed by atoms with Crippen molar-refractivity contribution in [3.05, 3.63) is 70.2 Å². The van der Waals surface area contributed by atoms with Crippen molar-refractivity contribution in [2.24, 2.45) is 0 Å². The van der Waals surface area contributed by atoms with Crippen LogP contribution >= 0.6 is 11.6 Å². The molecule has 4 heteroatoms. The minimum Gasteiger partial charge on any atom is -0.383 e. The fourth-order valence-electron chi connectivity index (χ4n) is 2.80. The molecule has 0 amide bonds. The second-order valence-electron chi connectivity index (χ2n) is 5.76. The van der Waals surface area contributed by atoms with Gasteiger partial charge in [-0.05, 0) is 43.2 Å². The molecule has 0 aliphatic rings. The lowest BCUT2D eigenvalue weighted by molar-refractivity contribution is 1.28. The highest BCUT2D eigenvalue weighted by Gasteiger charge is 2.14. The lowest BCUT2D eigenvalue weighted by Gasteiger charge is -2.12. The molecule has 3 nitrogen and oxygen atoms in total. The summed E-state index contributed by atoms with van der Waals surface area (Å²) in [6.07, 6.45) is 0. The van der Waals surface area contributed by atoms with Crippen molar-refractivity contribution in [3.8, 4) is 28.5 Å². The normalized spacial score (nSPS) is 10.4. The summed E-state index contributed by atoms with van der Waals surface area (Å²) in [4.78, 5) is 4.44. The third-order valence-electron chi connectivity index (χ3n) is 3.95. The summed E-state index contributed by atoms with van der Waals surface area (Å²) in [5.74, 6) is 0.227. The van der Waals surface area contributed by atoms with Crippen LogP contribution < -0.4 is 5.73 Å². The van der Waals surface area contributed by atoms with Gasteiger partial charge in [-0.2, -0.15) is 5.26 Å². The van der Waals surface area contributed by atoms with E-state index in [-0.39, 0.29) is 5.82 Å². The van der Waals surface area contributed by atoms with E-state index in [1.807, 2.05) is 43.3 Å². The maximum atomic E-state index is 9.48. The number of aromatic nitrogens is 1. The predicted molar refractivity (Wildman–Crippen MR) is 98.7 cm³/mol. The number of aryl methyl sites for hydroxylation is 2. The third kappa shape index (κ3) is 2.97. The molecule has 2 aromatic carbocycles. The van der Waals surface area contributed by atoms with Gasteiger partial charge in [0.2, 0.25) is 0 Å². The van der Waals surface area contributed by atoms with Gasteiger partial charge in [0.05, 0.1) is 5.69 Å². The molecular weight excluding hydrogens is 318 g/mol. The summed E-state index contributed by atoms with van der Waals surface area (Å²) in [6.45, 7) is 4.09. The summed E-state index contributed by atoms with van der Waals surface area (Å²) >= 11 is 6.10. The number of nitrogens with zero attached hydrogens (tertiary/aromatic N) is 2. The molecule has 118 valence electrons. The van der Waals surface area contributed by atoms with Crippen LogP contribution in [0.4, 0.5) is 5.82 Å². The molecule has 1 heterocycles. The largest absolute Gasteiger partial charge is 0.383 e. The summed E-state index contributed by atoms with van der Waals surface area (Å²) < 4.78 is 0. The lowest BCUT2D eigenvalue weighted by atomic mass is 9.96. The van der Waals surface area contributed by atoms with Gasteiger partial charge in [0.25, 0.3) is 0 Å². The molecular formula is C20H16ClN3. The van der Waals surface area contributed by atoms with Gasteiger partial charge in [-0.1, -0.05) is 47.5 Å². The fraction of sp³-hybridized carbons (Fsp3) is 0.100. The first-order valence-electron chi connectivity index (χ1n) is 7.54. The van der Waals surface area contributed by atoms with Gasteiger partial charge in [0.1, 0.15) is 17.5 Å². The first-order chi connectivity index (χ1) is 11.5. The molecule has 1 aromatic heterocycles. The van der Waals surface area contributed by atoms with Crippen molar-refractivity contribution < 1.29 is 0 Å². The average Bonchev–Trinajstić information content (AvgIpc) is 2.54. The minimum absolute atomic E-state index is 0.227. The highest BCUT2D eigenvalue weighted by molar-refractivity contribution is 6.30. The Kier molecular flexibility index (Phi) is 4.24. The van der Waals surface area contributed by atoms with E-state index in [0.29, 0.717) is 10.6 Å². The van der Waals surface area contributed by atoms with Crippen molar-refractivity contribution in [1.29, 1.82) is 5.26 Å². The van der Waals surface area contributed by atoms with Gasteiger partial charge in [-0.3, -0.25) is 0 Å². The first kappa shape index (κ1) is 16.0. The number of hydrogen-bond donors (Lipinski definition) is 1. The predicted octanol–water partition coefficient (Wildman–Crippen LogP) is 5.14. The third-order valence-corrected chi connectivity index (χ3v) is 4.19. The Morgan fingerprint density at radius 2 is 1.83 bits per heavy atom. The number of nitriles is 1. The number of rotatable bonds is 2. The minimum atomic E-state index is 0.227. The number of benzene rings is 2. The fourth-order valence-corrected chi connectivity index (χ4v) is 3.00. The quantitative estimate of drug-likeness (QED) is 0.706. The van der Waals surface area contributed by atoms with Crippen molar-refractivity contribution >= 4 is 17.4 Å². The van der Waals surface area contributed by atoms with Crippen LogP contribution in [0.1, 0.15) is 16.7 Å². The molecule has 0 saturated carbocycles. The van der Waals surface area contributed by atoms with E-state index in [9.17, 15) is 5.26 Å². The number of anilines is 1. The molecule has 0 aliphatic heterocycles. The van der Waals surface area contributed by atoms with Crippen LogP contribution in [0.2, 0.25) is 5.02 Å². The summed E-state index contributed by atoms with van der Waals surface area (Å²) in [5.41, 5.74) is 12.1. The monoisotopic (exact) mass is 333 g/mol. The average molecular weight is 334 g/mol. The molecule has 0 aliphatic carbocycles. The molecule has 0 unspecified atom stereocenters.